The van der Waals surface area contributed by atoms with Crippen LogP contribution in [0.15, 0.2) is 5.38 Å². The Kier molecular flexibility index (Phi) is 7.65. The molecule has 0 atom stereocenters. The molecule has 1 aromatic rings. The molecule has 0 saturated heterocycles. The van der Waals surface area contributed by atoms with Gasteiger partial charge in [-0.05, 0) is 12.8 Å². The summed E-state index contributed by atoms with van der Waals surface area (Å²) in [7, 11) is 0. The Bertz CT molecular complexity index is 349. The molecule has 0 fully saturated rings. The number of hydrogen-bond acceptors (Lipinski definition) is 3. The van der Waals surface area contributed by atoms with Crippen molar-refractivity contribution in [1.82, 2.24) is 4.98 Å². The predicted octanol–water partition coefficient (Wildman–Crippen LogP) is 4.06. The van der Waals surface area contributed by atoms with E-state index in [-0.39, 0.29) is 6.42 Å². The fraction of sp³-hybridized carbons (Fsp3) is 0.714. The summed E-state index contributed by atoms with van der Waals surface area (Å²) in [5.41, 5.74) is 0.699. The Morgan fingerprint density at radius 1 is 1.22 bits per heavy atom. The molecule has 3 nitrogen and oxygen atoms in total. The van der Waals surface area contributed by atoms with Gasteiger partial charge in [-0.2, -0.15) is 0 Å². The van der Waals surface area contributed by atoms with Crippen LogP contribution in [0.2, 0.25) is 0 Å². The molecule has 0 bridgehead atoms. The van der Waals surface area contributed by atoms with E-state index in [1.54, 1.807) is 11.3 Å². The standard InChI is InChI=1S/C14H23NO2S/c1-2-3-4-5-6-7-8-9-13-15-12(11-18-13)10-14(16)17/h11H,2-10H2,1H3,(H,16,17). The van der Waals surface area contributed by atoms with Crippen molar-refractivity contribution in [3.63, 3.8) is 0 Å². The number of unbranched alkanes of at least 4 members (excludes halogenated alkanes) is 6. The third-order valence-corrected chi connectivity index (χ3v) is 3.88. The highest BCUT2D eigenvalue weighted by Gasteiger charge is 2.05. The van der Waals surface area contributed by atoms with Gasteiger partial charge in [0.25, 0.3) is 0 Å². The van der Waals surface area contributed by atoms with Gasteiger partial charge in [-0.15, -0.1) is 11.3 Å². The number of hydrogen-bond donors (Lipinski definition) is 1. The van der Waals surface area contributed by atoms with Crippen LogP contribution in [0.25, 0.3) is 0 Å². The highest BCUT2D eigenvalue weighted by molar-refractivity contribution is 7.09. The maximum Gasteiger partial charge on any atom is 0.309 e. The molecule has 0 spiro atoms. The number of aromatic nitrogens is 1. The summed E-state index contributed by atoms with van der Waals surface area (Å²) in [6, 6.07) is 0. The van der Waals surface area contributed by atoms with Crippen LogP contribution in [0.5, 0.6) is 0 Å². The molecule has 0 amide bonds. The molecule has 4 heteroatoms. The molecule has 1 rings (SSSR count). The van der Waals surface area contributed by atoms with Crippen LogP contribution in [-0.2, 0) is 17.6 Å². The third kappa shape index (κ3) is 6.74. The van der Waals surface area contributed by atoms with Gasteiger partial charge >= 0.3 is 5.97 Å². The topological polar surface area (TPSA) is 50.2 Å². The van der Waals surface area contributed by atoms with Crippen LogP contribution in [-0.4, -0.2) is 16.1 Å². The average Bonchev–Trinajstić information content (AvgIpc) is 2.75. The average molecular weight is 269 g/mol. The second-order valence-electron chi connectivity index (χ2n) is 4.67. The van der Waals surface area contributed by atoms with Crippen molar-refractivity contribution in [3.05, 3.63) is 16.1 Å². The van der Waals surface area contributed by atoms with E-state index in [4.69, 9.17) is 5.11 Å². The number of aryl methyl sites for hydroxylation is 1. The van der Waals surface area contributed by atoms with Crippen molar-refractivity contribution < 1.29 is 9.90 Å². The molecule has 0 aliphatic heterocycles. The SMILES string of the molecule is CCCCCCCCCc1nc(CC(=O)O)cs1. The number of aliphatic carboxylic acids is 1. The first kappa shape index (κ1) is 15.2. The lowest BCUT2D eigenvalue weighted by Crippen LogP contribution is -2.00. The monoisotopic (exact) mass is 269 g/mol. The van der Waals surface area contributed by atoms with Crippen molar-refractivity contribution >= 4 is 17.3 Å². The van der Waals surface area contributed by atoms with E-state index in [0.29, 0.717) is 5.69 Å². The van der Waals surface area contributed by atoms with Crippen LogP contribution in [0.3, 0.4) is 0 Å². The number of nitrogens with zero attached hydrogens (tertiary/aromatic N) is 1. The molecular formula is C14H23NO2S. The van der Waals surface area contributed by atoms with E-state index in [1.807, 2.05) is 5.38 Å². The second kappa shape index (κ2) is 9.09. The Balaban J connectivity index is 2.08. The lowest BCUT2D eigenvalue weighted by Gasteiger charge is -1.99. The summed E-state index contributed by atoms with van der Waals surface area (Å²) in [5.74, 6) is -0.803. The summed E-state index contributed by atoms with van der Waals surface area (Å²) in [6.07, 6.45) is 10.1. The number of carbonyl (C=O) groups is 1. The quantitative estimate of drug-likeness (QED) is 0.652. The maximum absolute atomic E-state index is 10.5. The van der Waals surface area contributed by atoms with Crippen molar-refractivity contribution in [1.29, 1.82) is 0 Å². The first-order valence-electron chi connectivity index (χ1n) is 6.87. The molecule has 0 aromatic carbocycles. The van der Waals surface area contributed by atoms with Gasteiger partial charge in [0, 0.05) is 5.38 Å². The van der Waals surface area contributed by atoms with Crippen LogP contribution in [0.1, 0.15) is 62.6 Å². The van der Waals surface area contributed by atoms with Crippen molar-refractivity contribution in [2.45, 2.75) is 64.7 Å². The van der Waals surface area contributed by atoms with Gasteiger partial charge in [-0.1, -0.05) is 45.4 Å². The van der Waals surface area contributed by atoms with Crippen molar-refractivity contribution in [2.24, 2.45) is 0 Å². The Hall–Kier alpha value is -0.900. The number of carboxylic acids is 1. The maximum atomic E-state index is 10.5. The molecule has 102 valence electrons. The Labute approximate surface area is 113 Å². The number of carboxylic acid groups (broad SMARTS) is 1. The minimum atomic E-state index is -0.803. The van der Waals surface area contributed by atoms with E-state index in [9.17, 15) is 4.79 Å². The van der Waals surface area contributed by atoms with Gasteiger partial charge in [0.1, 0.15) is 0 Å². The van der Waals surface area contributed by atoms with E-state index in [0.717, 1.165) is 11.4 Å². The number of rotatable bonds is 10. The third-order valence-electron chi connectivity index (χ3n) is 2.93. The lowest BCUT2D eigenvalue weighted by atomic mass is 10.1. The van der Waals surface area contributed by atoms with E-state index in [2.05, 4.69) is 11.9 Å². The molecule has 1 aromatic heterocycles. The molecule has 0 radical (unpaired) electrons. The van der Waals surface area contributed by atoms with Crippen molar-refractivity contribution in [3.8, 4) is 0 Å². The fourth-order valence-corrected chi connectivity index (χ4v) is 2.77. The minimum absolute atomic E-state index is 0.0491. The Morgan fingerprint density at radius 2 is 1.89 bits per heavy atom. The number of thiazole rings is 1. The van der Waals surface area contributed by atoms with Gasteiger partial charge in [-0.25, -0.2) is 4.98 Å². The zero-order valence-electron chi connectivity index (χ0n) is 11.2. The summed E-state index contributed by atoms with van der Waals surface area (Å²) < 4.78 is 0. The highest BCUT2D eigenvalue weighted by Crippen LogP contribution is 2.15. The smallest absolute Gasteiger partial charge is 0.309 e. The normalized spacial score (nSPS) is 10.7. The van der Waals surface area contributed by atoms with Crippen LogP contribution in [0, 0.1) is 0 Å². The summed E-state index contributed by atoms with van der Waals surface area (Å²) >= 11 is 1.59. The Morgan fingerprint density at radius 3 is 2.56 bits per heavy atom. The fourth-order valence-electron chi connectivity index (χ4n) is 1.93. The summed E-state index contributed by atoms with van der Waals surface area (Å²) in [4.78, 5) is 14.9. The van der Waals surface area contributed by atoms with Gasteiger partial charge in [0.15, 0.2) is 0 Å². The molecular weight excluding hydrogens is 246 g/mol. The molecule has 18 heavy (non-hydrogen) atoms. The first-order chi connectivity index (χ1) is 8.72. The molecule has 0 unspecified atom stereocenters. The molecule has 0 aliphatic rings. The minimum Gasteiger partial charge on any atom is -0.481 e. The second-order valence-corrected chi connectivity index (χ2v) is 5.62. The van der Waals surface area contributed by atoms with E-state index >= 15 is 0 Å². The summed E-state index contributed by atoms with van der Waals surface area (Å²) in [6.45, 7) is 2.23. The van der Waals surface area contributed by atoms with E-state index in [1.165, 1.54) is 44.9 Å². The predicted molar refractivity (Wildman–Crippen MR) is 75.2 cm³/mol. The lowest BCUT2D eigenvalue weighted by molar-refractivity contribution is -0.136. The summed E-state index contributed by atoms with van der Waals surface area (Å²) in [5, 5.41) is 11.6. The van der Waals surface area contributed by atoms with Crippen LogP contribution in [0.4, 0.5) is 0 Å². The molecule has 0 saturated carbocycles. The van der Waals surface area contributed by atoms with Crippen LogP contribution >= 0.6 is 11.3 Å². The van der Waals surface area contributed by atoms with Gasteiger partial charge < -0.3 is 5.11 Å². The largest absolute Gasteiger partial charge is 0.481 e. The van der Waals surface area contributed by atoms with Crippen LogP contribution < -0.4 is 0 Å². The first-order valence-corrected chi connectivity index (χ1v) is 7.75. The molecule has 1 N–H and O–H groups in total. The van der Waals surface area contributed by atoms with Gasteiger partial charge in [-0.3, -0.25) is 4.79 Å². The van der Waals surface area contributed by atoms with Gasteiger partial charge in [0.2, 0.25) is 0 Å². The zero-order valence-corrected chi connectivity index (χ0v) is 12.0. The highest BCUT2D eigenvalue weighted by atomic mass is 32.1. The molecule has 0 aliphatic carbocycles. The zero-order chi connectivity index (χ0) is 13.2. The molecule has 1 heterocycles. The van der Waals surface area contributed by atoms with Gasteiger partial charge in [0.05, 0.1) is 17.1 Å². The van der Waals surface area contributed by atoms with Crippen molar-refractivity contribution in [2.75, 3.05) is 0 Å². The van der Waals surface area contributed by atoms with E-state index < -0.39 is 5.97 Å².